The lowest BCUT2D eigenvalue weighted by Crippen LogP contribution is -2.66. The van der Waals surface area contributed by atoms with Crippen molar-refractivity contribution in [1.29, 1.82) is 0 Å². The summed E-state index contributed by atoms with van der Waals surface area (Å²) in [6.07, 6.45) is -5.79. The molecule has 1 aliphatic rings. The van der Waals surface area contributed by atoms with Gasteiger partial charge in [0.2, 0.25) is 5.79 Å². The number of aliphatic hydroxyl groups is 5. The maximum absolute atomic E-state index is 9.61. The third-order valence-electron chi connectivity index (χ3n) is 2.28. The molecule has 84 valence electrons. The molecule has 1 heterocycles. The summed E-state index contributed by atoms with van der Waals surface area (Å²) in [5, 5.41) is 46.4. The normalized spacial score (nSPS) is 49.3. The fraction of sp³-hybridized carbons (Fsp3) is 1.00. The van der Waals surface area contributed by atoms with Gasteiger partial charge in [-0.25, -0.2) is 0 Å². The van der Waals surface area contributed by atoms with Crippen LogP contribution in [0.1, 0.15) is 0 Å². The van der Waals surface area contributed by atoms with Crippen molar-refractivity contribution in [3.05, 3.63) is 0 Å². The van der Waals surface area contributed by atoms with Crippen LogP contribution in [0, 0.1) is 0 Å². The zero-order valence-corrected chi connectivity index (χ0v) is 8.21. The smallest absolute Gasteiger partial charge is 0.204 e. The van der Waals surface area contributed by atoms with E-state index in [1.54, 1.807) is 0 Å². The number of ether oxygens (including phenoxy) is 1. The van der Waals surface area contributed by atoms with Gasteiger partial charge in [-0.05, 0) is 0 Å². The molecule has 0 saturated carbocycles. The minimum atomic E-state index is -2.05. The number of hydrogen-bond acceptors (Lipinski definition) is 7. The largest absolute Gasteiger partial charge is 0.394 e. The fourth-order valence-electron chi connectivity index (χ4n) is 1.35. The van der Waals surface area contributed by atoms with Gasteiger partial charge in [-0.2, -0.15) is 12.6 Å². The Labute approximate surface area is 86.2 Å². The van der Waals surface area contributed by atoms with Crippen molar-refractivity contribution >= 4 is 12.6 Å². The number of rotatable bonds is 2. The van der Waals surface area contributed by atoms with Crippen LogP contribution in [0.4, 0.5) is 0 Å². The third-order valence-corrected chi connectivity index (χ3v) is 2.73. The van der Waals surface area contributed by atoms with Crippen LogP contribution in [0.5, 0.6) is 0 Å². The lowest BCUT2D eigenvalue weighted by Gasteiger charge is -2.44. The second-order valence-electron chi connectivity index (χ2n) is 3.27. The van der Waals surface area contributed by atoms with E-state index >= 15 is 0 Å². The molecule has 0 aliphatic carbocycles. The SMILES string of the molecule is OC[C@H]1OC(O)(CS)[C@H](O)[C@@H](O)[C@@H]1O. The van der Waals surface area contributed by atoms with Crippen molar-refractivity contribution in [1.82, 2.24) is 0 Å². The summed E-state index contributed by atoms with van der Waals surface area (Å²) in [6, 6.07) is 0. The number of hydrogen-bond donors (Lipinski definition) is 6. The first-order valence-electron chi connectivity index (χ1n) is 4.12. The van der Waals surface area contributed by atoms with Gasteiger partial charge in [0.15, 0.2) is 0 Å². The molecule has 1 rings (SSSR count). The predicted octanol–water partition coefficient (Wildman–Crippen LogP) is -2.92. The quantitative estimate of drug-likeness (QED) is 0.281. The molecule has 0 radical (unpaired) electrons. The van der Waals surface area contributed by atoms with E-state index < -0.39 is 36.8 Å². The van der Waals surface area contributed by atoms with Crippen molar-refractivity contribution in [2.24, 2.45) is 0 Å². The summed E-state index contributed by atoms with van der Waals surface area (Å²) in [4.78, 5) is 0. The van der Waals surface area contributed by atoms with Crippen LogP contribution in [-0.2, 0) is 4.74 Å². The highest BCUT2D eigenvalue weighted by Crippen LogP contribution is 2.28. The van der Waals surface area contributed by atoms with Gasteiger partial charge in [-0.1, -0.05) is 0 Å². The molecule has 14 heavy (non-hydrogen) atoms. The Balaban J connectivity index is 2.84. The highest BCUT2D eigenvalue weighted by molar-refractivity contribution is 7.80. The molecule has 0 aromatic heterocycles. The summed E-state index contributed by atoms with van der Waals surface area (Å²) in [5.41, 5.74) is 0. The van der Waals surface area contributed by atoms with E-state index in [-0.39, 0.29) is 5.75 Å². The monoisotopic (exact) mass is 226 g/mol. The third kappa shape index (κ3) is 1.89. The van der Waals surface area contributed by atoms with Crippen molar-refractivity contribution in [2.75, 3.05) is 12.4 Å². The lowest BCUT2D eigenvalue weighted by atomic mass is 9.93. The Kier molecular flexibility index (Phi) is 3.75. The van der Waals surface area contributed by atoms with Crippen molar-refractivity contribution in [3.63, 3.8) is 0 Å². The average Bonchev–Trinajstić information content (AvgIpc) is 2.20. The Hall–Kier alpha value is 0.110. The minimum absolute atomic E-state index is 0.256. The van der Waals surface area contributed by atoms with Crippen LogP contribution in [0.3, 0.4) is 0 Å². The van der Waals surface area contributed by atoms with E-state index in [0.717, 1.165) is 0 Å². The molecule has 5 N–H and O–H groups in total. The topological polar surface area (TPSA) is 110 Å². The second kappa shape index (κ2) is 4.31. The first-order valence-corrected chi connectivity index (χ1v) is 4.75. The molecule has 1 aliphatic heterocycles. The van der Waals surface area contributed by atoms with Crippen LogP contribution >= 0.6 is 12.6 Å². The van der Waals surface area contributed by atoms with Gasteiger partial charge < -0.3 is 30.3 Å². The predicted molar refractivity (Wildman–Crippen MR) is 48.8 cm³/mol. The lowest BCUT2D eigenvalue weighted by molar-refractivity contribution is -0.338. The van der Waals surface area contributed by atoms with E-state index in [1.165, 1.54) is 0 Å². The van der Waals surface area contributed by atoms with E-state index in [2.05, 4.69) is 12.6 Å². The molecule has 0 bridgehead atoms. The van der Waals surface area contributed by atoms with Gasteiger partial charge in [0.25, 0.3) is 0 Å². The minimum Gasteiger partial charge on any atom is -0.394 e. The molecule has 1 fully saturated rings. The summed E-state index contributed by atoms with van der Waals surface area (Å²) in [5.74, 6) is -2.30. The van der Waals surface area contributed by atoms with Gasteiger partial charge in [0.05, 0.1) is 6.61 Å². The molecule has 1 unspecified atom stereocenters. The average molecular weight is 226 g/mol. The van der Waals surface area contributed by atoms with Crippen LogP contribution in [0.25, 0.3) is 0 Å². The fourth-order valence-corrected chi connectivity index (χ4v) is 1.61. The van der Waals surface area contributed by atoms with Crippen LogP contribution < -0.4 is 0 Å². The van der Waals surface area contributed by atoms with E-state index in [4.69, 9.17) is 9.84 Å². The van der Waals surface area contributed by atoms with Crippen molar-refractivity contribution in [2.45, 2.75) is 30.2 Å². The van der Waals surface area contributed by atoms with E-state index in [0.29, 0.717) is 0 Å². The van der Waals surface area contributed by atoms with Crippen LogP contribution in [-0.4, -0.2) is 68.1 Å². The Morgan fingerprint density at radius 2 is 1.79 bits per heavy atom. The molecule has 0 aromatic carbocycles. The molecule has 7 heteroatoms. The summed E-state index contributed by atoms with van der Waals surface area (Å²) < 4.78 is 4.84. The molecular formula is C7H14O6S. The molecule has 0 amide bonds. The number of thiol groups is 1. The molecule has 5 atom stereocenters. The van der Waals surface area contributed by atoms with Crippen molar-refractivity contribution < 1.29 is 30.3 Å². The highest BCUT2D eigenvalue weighted by Gasteiger charge is 2.51. The summed E-state index contributed by atoms with van der Waals surface area (Å²) in [6.45, 7) is -0.568. The maximum atomic E-state index is 9.61. The molecular weight excluding hydrogens is 212 g/mol. The first kappa shape index (κ1) is 12.2. The molecule has 1 saturated heterocycles. The van der Waals surface area contributed by atoms with Gasteiger partial charge in [-0.3, -0.25) is 0 Å². The Morgan fingerprint density at radius 3 is 2.21 bits per heavy atom. The van der Waals surface area contributed by atoms with Gasteiger partial charge in [0.1, 0.15) is 24.4 Å². The van der Waals surface area contributed by atoms with Crippen LogP contribution in [0.2, 0.25) is 0 Å². The molecule has 0 spiro atoms. The van der Waals surface area contributed by atoms with Gasteiger partial charge in [0, 0.05) is 5.75 Å². The van der Waals surface area contributed by atoms with Gasteiger partial charge >= 0.3 is 0 Å². The number of aliphatic hydroxyl groups excluding tert-OH is 4. The molecule has 0 aromatic rings. The Bertz CT molecular complexity index is 201. The van der Waals surface area contributed by atoms with Crippen LogP contribution in [0.15, 0.2) is 0 Å². The summed E-state index contributed by atoms with van der Waals surface area (Å²) >= 11 is 3.75. The molecule has 6 nitrogen and oxygen atoms in total. The van der Waals surface area contributed by atoms with E-state index in [1.807, 2.05) is 0 Å². The van der Waals surface area contributed by atoms with E-state index in [9.17, 15) is 20.4 Å². The first-order chi connectivity index (χ1) is 6.46. The zero-order chi connectivity index (χ0) is 10.9. The maximum Gasteiger partial charge on any atom is 0.204 e. The Morgan fingerprint density at radius 1 is 1.21 bits per heavy atom. The van der Waals surface area contributed by atoms with Crippen molar-refractivity contribution in [3.8, 4) is 0 Å². The zero-order valence-electron chi connectivity index (χ0n) is 7.32. The summed E-state index contributed by atoms with van der Waals surface area (Å²) in [7, 11) is 0. The standard InChI is InChI=1S/C7H14O6S/c8-1-3-4(9)5(10)6(11)7(12,2-14)13-3/h3-6,8-12,14H,1-2H2/t3-,4-,5+,6-,7?/m1/s1. The van der Waals surface area contributed by atoms with Gasteiger partial charge in [-0.15, -0.1) is 0 Å². The highest BCUT2D eigenvalue weighted by atomic mass is 32.1. The second-order valence-corrected chi connectivity index (χ2v) is 3.58.